The van der Waals surface area contributed by atoms with Gasteiger partial charge in [0.1, 0.15) is 5.82 Å². The highest BCUT2D eigenvalue weighted by Crippen LogP contribution is 2.17. The first-order valence-corrected chi connectivity index (χ1v) is 9.83. The van der Waals surface area contributed by atoms with Gasteiger partial charge in [-0.15, -0.1) is 0 Å². The fraction of sp³-hybridized carbons (Fsp3) is 0.550. The third-order valence-electron chi connectivity index (χ3n) is 5.21. The number of morpholine rings is 1. The van der Waals surface area contributed by atoms with E-state index in [4.69, 9.17) is 9.72 Å². The highest BCUT2D eigenvalue weighted by Gasteiger charge is 2.23. The van der Waals surface area contributed by atoms with Crippen LogP contribution in [0, 0.1) is 6.92 Å². The lowest BCUT2D eigenvalue weighted by Crippen LogP contribution is -2.37. The Kier molecular flexibility index (Phi) is 5.79. The zero-order chi connectivity index (χ0) is 18.5. The molecule has 144 valence electrons. The molecule has 0 spiro atoms. The first-order valence-electron chi connectivity index (χ1n) is 9.83. The van der Waals surface area contributed by atoms with Crippen LogP contribution in [0.3, 0.4) is 0 Å². The van der Waals surface area contributed by atoms with Gasteiger partial charge in [0.2, 0.25) is 5.95 Å². The van der Waals surface area contributed by atoms with Crippen molar-refractivity contribution in [3.8, 4) is 0 Å². The second-order valence-electron chi connectivity index (χ2n) is 7.29. The smallest absolute Gasteiger partial charge is 0.224 e. The molecule has 0 aliphatic carbocycles. The van der Waals surface area contributed by atoms with Gasteiger partial charge in [-0.2, -0.15) is 4.98 Å². The van der Waals surface area contributed by atoms with Gasteiger partial charge >= 0.3 is 0 Å². The quantitative estimate of drug-likeness (QED) is 0.833. The normalized spacial score (nSPS) is 20.8. The van der Waals surface area contributed by atoms with Gasteiger partial charge < -0.3 is 19.9 Å². The Morgan fingerprint density at radius 1 is 1.15 bits per heavy atom. The minimum Gasteiger partial charge on any atom is -0.378 e. The van der Waals surface area contributed by atoms with Gasteiger partial charge in [-0.1, -0.05) is 6.07 Å². The summed E-state index contributed by atoms with van der Waals surface area (Å²) in [6.07, 6.45) is 3.96. The maximum absolute atomic E-state index is 5.42. The summed E-state index contributed by atoms with van der Waals surface area (Å²) < 4.78 is 5.42. The molecule has 2 fully saturated rings. The summed E-state index contributed by atoms with van der Waals surface area (Å²) in [5.41, 5.74) is 2.26. The van der Waals surface area contributed by atoms with Crippen LogP contribution in [-0.4, -0.2) is 71.8 Å². The number of rotatable bonds is 6. The maximum Gasteiger partial charge on any atom is 0.224 e. The molecule has 2 saturated heterocycles. The maximum atomic E-state index is 5.42. The summed E-state index contributed by atoms with van der Waals surface area (Å²) in [5, 5.41) is 3.52. The molecular weight excluding hydrogens is 340 g/mol. The van der Waals surface area contributed by atoms with E-state index in [1.807, 2.05) is 25.3 Å². The minimum absolute atomic E-state index is 0.399. The number of ether oxygens (including phenoxy) is 1. The average Bonchev–Trinajstić information content (AvgIpc) is 3.15. The SMILES string of the molecule is Cc1cccc(CCN2CCC(Nc3nccc(N4CCOCC4)n3)C2)n1. The number of likely N-dealkylation sites (tertiary alicyclic amines) is 1. The van der Waals surface area contributed by atoms with E-state index in [0.717, 1.165) is 76.2 Å². The van der Waals surface area contributed by atoms with Crippen LogP contribution >= 0.6 is 0 Å². The molecule has 27 heavy (non-hydrogen) atoms. The van der Waals surface area contributed by atoms with Crippen molar-refractivity contribution in [1.29, 1.82) is 0 Å². The number of hydrogen-bond acceptors (Lipinski definition) is 7. The Balaban J connectivity index is 1.28. The lowest BCUT2D eigenvalue weighted by Gasteiger charge is -2.28. The Bertz CT molecular complexity index is 749. The largest absolute Gasteiger partial charge is 0.378 e. The summed E-state index contributed by atoms with van der Waals surface area (Å²) >= 11 is 0. The fourth-order valence-electron chi connectivity index (χ4n) is 3.73. The van der Waals surface area contributed by atoms with Crippen LogP contribution in [0.1, 0.15) is 17.8 Å². The minimum atomic E-state index is 0.399. The van der Waals surface area contributed by atoms with E-state index in [-0.39, 0.29) is 0 Å². The molecule has 0 radical (unpaired) electrons. The number of hydrogen-bond donors (Lipinski definition) is 1. The summed E-state index contributed by atoms with van der Waals surface area (Å²) in [6, 6.07) is 8.63. The Labute approximate surface area is 160 Å². The topological polar surface area (TPSA) is 66.4 Å². The number of nitrogens with zero attached hydrogens (tertiary/aromatic N) is 5. The molecule has 0 saturated carbocycles. The van der Waals surface area contributed by atoms with Crippen molar-refractivity contribution in [2.24, 2.45) is 0 Å². The molecule has 0 amide bonds. The lowest BCUT2D eigenvalue weighted by molar-refractivity contribution is 0.122. The van der Waals surface area contributed by atoms with Crippen molar-refractivity contribution in [2.75, 3.05) is 56.2 Å². The number of nitrogens with one attached hydrogen (secondary N) is 1. The van der Waals surface area contributed by atoms with Gasteiger partial charge in [-0.05, 0) is 31.5 Å². The molecule has 7 nitrogen and oxygen atoms in total. The highest BCUT2D eigenvalue weighted by molar-refractivity contribution is 5.43. The molecule has 0 aromatic carbocycles. The van der Waals surface area contributed by atoms with Crippen LogP contribution in [0.2, 0.25) is 0 Å². The molecule has 2 aliphatic rings. The summed E-state index contributed by atoms with van der Waals surface area (Å²) in [5.74, 6) is 1.71. The first kappa shape index (κ1) is 18.1. The Hall–Kier alpha value is -2.25. The molecule has 0 bridgehead atoms. The van der Waals surface area contributed by atoms with Crippen LogP contribution in [-0.2, 0) is 11.2 Å². The zero-order valence-corrected chi connectivity index (χ0v) is 16.0. The monoisotopic (exact) mass is 368 g/mol. The van der Waals surface area contributed by atoms with Crippen LogP contribution < -0.4 is 10.2 Å². The molecule has 4 heterocycles. The molecule has 7 heteroatoms. The molecule has 1 atom stereocenters. The van der Waals surface area contributed by atoms with Crippen LogP contribution in [0.4, 0.5) is 11.8 Å². The van der Waals surface area contributed by atoms with E-state index in [2.05, 4.69) is 37.2 Å². The van der Waals surface area contributed by atoms with E-state index < -0.39 is 0 Å². The predicted molar refractivity (Wildman–Crippen MR) is 106 cm³/mol. The van der Waals surface area contributed by atoms with Gasteiger partial charge in [0, 0.05) is 62.8 Å². The van der Waals surface area contributed by atoms with Crippen molar-refractivity contribution in [2.45, 2.75) is 25.8 Å². The fourth-order valence-corrected chi connectivity index (χ4v) is 3.73. The van der Waals surface area contributed by atoms with Crippen molar-refractivity contribution in [1.82, 2.24) is 19.9 Å². The Morgan fingerprint density at radius 2 is 2.04 bits per heavy atom. The third kappa shape index (κ3) is 4.93. The number of anilines is 2. The van der Waals surface area contributed by atoms with Crippen molar-refractivity contribution < 1.29 is 4.74 Å². The van der Waals surface area contributed by atoms with Crippen molar-refractivity contribution >= 4 is 11.8 Å². The second kappa shape index (κ2) is 8.63. The van der Waals surface area contributed by atoms with E-state index in [1.165, 1.54) is 5.69 Å². The zero-order valence-electron chi connectivity index (χ0n) is 16.0. The predicted octanol–water partition coefficient (Wildman–Crippen LogP) is 1.75. The molecule has 2 aromatic heterocycles. The molecule has 1 N–H and O–H groups in total. The summed E-state index contributed by atoms with van der Waals surface area (Å²) in [7, 11) is 0. The third-order valence-corrected chi connectivity index (χ3v) is 5.21. The van der Waals surface area contributed by atoms with Crippen LogP contribution in [0.5, 0.6) is 0 Å². The first-order chi connectivity index (χ1) is 13.3. The highest BCUT2D eigenvalue weighted by atomic mass is 16.5. The molecule has 4 rings (SSSR count). The van der Waals surface area contributed by atoms with Crippen molar-refractivity contribution in [3.63, 3.8) is 0 Å². The molecular formula is C20H28N6O. The number of aryl methyl sites for hydroxylation is 1. The average molecular weight is 368 g/mol. The van der Waals surface area contributed by atoms with E-state index in [1.54, 1.807) is 0 Å². The van der Waals surface area contributed by atoms with Gasteiger partial charge in [-0.3, -0.25) is 4.98 Å². The molecule has 2 aliphatic heterocycles. The summed E-state index contributed by atoms with van der Waals surface area (Å²) in [6.45, 7) is 8.53. The second-order valence-corrected chi connectivity index (χ2v) is 7.29. The van der Waals surface area contributed by atoms with E-state index >= 15 is 0 Å². The molecule has 1 unspecified atom stereocenters. The standard InChI is InChI=1S/C20H28N6O/c1-16-3-2-4-17(22-16)6-9-25-10-7-18(15-25)23-20-21-8-5-19(24-20)26-11-13-27-14-12-26/h2-5,8,18H,6-7,9-15H2,1H3,(H,21,23,24). The molecule has 2 aromatic rings. The van der Waals surface area contributed by atoms with Crippen molar-refractivity contribution in [3.05, 3.63) is 41.9 Å². The Morgan fingerprint density at radius 3 is 2.89 bits per heavy atom. The van der Waals surface area contributed by atoms with Crippen LogP contribution in [0.15, 0.2) is 30.5 Å². The lowest BCUT2D eigenvalue weighted by atomic mass is 10.2. The van der Waals surface area contributed by atoms with Crippen LogP contribution in [0.25, 0.3) is 0 Å². The van der Waals surface area contributed by atoms with E-state index in [0.29, 0.717) is 6.04 Å². The van der Waals surface area contributed by atoms with Gasteiger partial charge in [0.25, 0.3) is 0 Å². The number of aromatic nitrogens is 3. The summed E-state index contributed by atoms with van der Waals surface area (Å²) in [4.78, 5) is 18.5. The van der Waals surface area contributed by atoms with Gasteiger partial charge in [0.05, 0.1) is 13.2 Å². The van der Waals surface area contributed by atoms with Gasteiger partial charge in [-0.25, -0.2) is 4.98 Å². The number of pyridine rings is 1. The van der Waals surface area contributed by atoms with Gasteiger partial charge in [0.15, 0.2) is 0 Å². The van der Waals surface area contributed by atoms with E-state index in [9.17, 15) is 0 Å².